The molecule has 2 heterocycles. The Balaban J connectivity index is 1.72. The van der Waals surface area contributed by atoms with Gasteiger partial charge in [-0.1, -0.05) is 23.1 Å². The van der Waals surface area contributed by atoms with Crippen LogP contribution in [0, 0.1) is 6.92 Å². The molecule has 0 saturated heterocycles. The summed E-state index contributed by atoms with van der Waals surface area (Å²) in [6.45, 7) is 1.83. The van der Waals surface area contributed by atoms with Gasteiger partial charge < -0.3 is 9.47 Å². The van der Waals surface area contributed by atoms with Crippen molar-refractivity contribution >= 4 is 34.1 Å². The van der Waals surface area contributed by atoms with E-state index in [2.05, 4.69) is 20.5 Å². The molecule has 2 aromatic heterocycles. The molecule has 0 fully saturated rings. The van der Waals surface area contributed by atoms with Crippen LogP contribution in [0.5, 0.6) is 11.5 Å². The third kappa shape index (κ3) is 4.14. The first kappa shape index (κ1) is 18.2. The number of aromatic nitrogens is 4. The lowest BCUT2D eigenvalue weighted by molar-refractivity contribution is -0.113. The molecule has 1 aromatic carbocycles. The number of imidazole rings is 1. The molecule has 0 unspecified atom stereocenters. The summed E-state index contributed by atoms with van der Waals surface area (Å²) in [6, 6.07) is 5.53. The maximum atomic E-state index is 12.1. The Labute approximate surface area is 158 Å². The van der Waals surface area contributed by atoms with E-state index in [9.17, 15) is 4.79 Å². The number of rotatable bonds is 7. The summed E-state index contributed by atoms with van der Waals surface area (Å²) in [7, 11) is 3.20. The van der Waals surface area contributed by atoms with Gasteiger partial charge in [-0.05, 0) is 19.1 Å². The normalized spacial score (nSPS) is 10.6. The van der Waals surface area contributed by atoms with Crippen molar-refractivity contribution in [2.24, 2.45) is 0 Å². The molecule has 3 aromatic rings. The average molecular weight is 391 g/mol. The van der Waals surface area contributed by atoms with E-state index < -0.39 is 0 Å². The van der Waals surface area contributed by atoms with Crippen molar-refractivity contribution in [3.8, 4) is 17.2 Å². The SMILES string of the molecule is COc1ccc(-n2ccnc2SCC(=O)Nc2nnc(C)s2)c(OC)c1. The lowest BCUT2D eigenvalue weighted by Crippen LogP contribution is -2.14. The van der Waals surface area contributed by atoms with Crippen LogP contribution in [0.1, 0.15) is 5.01 Å². The number of benzene rings is 1. The first-order valence-electron chi connectivity index (χ1n) is 7.59. The molecule has 0 saturated carbocycles. The van der Waals surface area contributed by atoms with Crippen LogP contribution in [0.4, 0.5) is 5.13 Å². The minimum atomic E-state index is -0.164. The zero-order valence-corrected chi connectivity index (χ0v) is 16.1. The van der Waals surface area contributed by atoms with Crippen LogP contribution in [0.15, 0.2) is 35.7 Å². The molecule has 0 spiro atoms. The van der Waals surface area contributed by atoms with E-state index in [0.717, 1.165) is 10.7 Å². The van der Waals surface area contributed by atoms with Gasteiger partial charge in [-0.25, -0.2) is 4.98 Å². The van der Waals surface area contributed by atoms with E-state index in [-0.39, 0.29) is 11.7 Å². The minimum absolute atomic E-state index is 0.164. The molecule has 8 nitrogen and oxygen atoms in total. The molecular formula is C16H17N5O3S2. The van der Waals surface area contributed by atoms with E-state index in [1.54, 1.807) is 26.5 Å². The summed E-state index contributed by atoms with van der Waals surface area (Å²) < 4.78 is 12.5. The van der Waals surface area contributed by atoms with Crippen molar-refractivity contribution in [1.82, 2.24) is 19.7 Å². The van der Waals surface area contributed by atoms with Crippen molar-refractivity contribution in [2.45, 2.75) is 12.1 Å². The lowest BCUT2D eigenvalue weighted by atomic mass is 10.2. The average Bonchev–Trinajstić information content (AvgIpc) is 3.28. The Morgan fingerprint density at radius 3 is 2.85 bits per heavy atom. The topological polar surface area (TPSA) is 91.2 Å². The molecule has 136 valence electrons. The number of aryl methyl sites for hydroxylation is 1. The number of hydrogen-bond donors (Lipinski definition) is 1. The van der Waals surface area contributed by atoms with Crippen molar-refractivity contribution in [3.63, 3.8) is 0 Å². The zero-order chi connectivity index (χ0) is 18.5. The maximum absolute atomic E-state index is 12.1. The second-order valence-electron chi connectivity index (χ2n) is 5.08. The molecule has 0 aliphatic heterocycles. The van der Waals surface area contributed by atoms with Gasteiger partial charge in [0.05, 0.1) is 25.7 Å². The van der Waals surface area contributed by atoms with Crippen LogP contribution in [0.2, 0.25) is 0 Å². The van der Waals surface area contributed by atoms with Crippen LogP contribution in [-0.4, -0.2) is 45.6 Å². The van der Waals surface area contributed by atoms with Crippen LogP contribution < -0.4 is 14.8 Å². The van der Waals surface area contributed by atoms with E-state index in [1.807, 2.05) is 29.8 Å². The quantitative estimate of drug-likeness (QED) is 0.619. The van der Waals surface area contributed by atoms with Crippen LogP contribution in [0.25, 0.3) is 5.69 Å². The highest BCUT2D eigenvalue weighted by molar-refractivity contribution is 7.99. The number of nitrogens with zero attached hydrogens (tertiary/aromatic N) is 4. The van der Waals surface area contributed by atoms with Crippen molar-refractivity contribution < 1.29 is 14.3 Å². The molecule has 0 atom stereocenters. The first-order chi connectivity index (χ1) is 12.6. The van der Waals surface area contributed by atoms with Gasteiger partial charge in [-0.3, -0.25) is 14.7 Å². The second kappa shape index (κ2) is 8.19. The molecule has 0 aliphatic rings. The number of ether oxygens (including phenoxy) is 2. The smallest absolute Gasteiger partial charge is 0.236 e. The molecule has 0 radical (unpaired) electrons. The number of amides is 1. The molecule has 3 rings (SSSR count). The minimum Gasteiger partial charge on any atom is -0.497 e. The van der Waals surface area contributed by atoms with E-state index in [4.69, 9.17) is 9.47 Å². The Hall–Kier alpha value is -2.59. The monoisotopic (exact) mass is 391 g/mol. The van der Waals surface area contributed by atoms with Gasteiger partial charge in [0.15, 0.2) is 5.16 Å². The predicted molar refractivity (Wildman–Crippen MR) is 101 cm³/mol. The van der Waals surface area contributed by atoms with Gasteiger partial charge in [0, 0.05) is 18.5 Å². The Morgan fingerprint density at radius 2 is 2.15 bits per heavy atom. The highest BCUT2D eigenvalue weighted by atomic mass is 32.2. The third-order valence-corrected chi connectivity index (χ3v) is 5.08. The molecule has 0 bridgehead atoms. The molecular weight excluding hydrogens is 374 g/mol. The van der Waals surface area contributed by atoms with E-state index in [1.165, 1.54) is 23.1 Å². The van der Waals surface area contributed by atoms with Gasteiger partial charge in [0.1, 0.15) is 16.5 Å². The summed E-state index contributed by atoms with van der Waals surface area (Å²) >= 11 is 2.66. The van der Waals surface area contributed by atoms with Crippen LogP contribution >= 0.6 is 23.1 Å². The van der Waals surface area contributed by atoms with E-state index in [0.29, 0.717) is 21.8 Å². The molecule has 26 heavy (non-hydrogen) atoms. The van der Waals surface area contributed by atoms with Crippen molar-refractivity contribution in [1.29, 1.82) is 0 Å². The Kier molecular flexibility index (Phi) is 5.74. The number of hydrogen-bond acceptors (Lipinski definition) is 8. The summed E-state index contributed by atoms with van der Waals surface area (Å²) in [4.78, 5) is 16.4. The molecule has 1 amide bonds. The summed E-state index contributed by atoms with van der Waals surface area (Å²) in [5.41, 5.74) is 0.813. The summed E-state index contributed by atoms with van der Waals surface area (Å²) in [5.74, 6) is 1.39. The fourth-order valence-electron chi connectivity index (χ4n) is 2.20. The van der Waals surface area contributed by atoms with Crippen LogP contribution in [0.3, 0.4) is 0 Å². The number of methoxy groups -OCH3 is 2. The van der Waals surface area contributed by atoms with Gasteiger partial charge in [-0.2, -0.15) is 0 Å². The van der Waals surface area contributed by atoms with Gasteiger partial charge in [-0.15, -0.1) is 10.2 Å². The maximum Gasteiger partial charge on any atom is 0.236 e. The molecule has 1 N–H and O–H groups in total. The molecule has 10 heteroatoms. The lowest BCUT2D eigenvalue weighted by Gasteiger charge is -2.13. The number of anilines is 1. The third-order valence-electron chi connectivity index (χ3n) is 3.36. The fraction of sp³-hybridized carbons (Fsp3) is 0.250. The van der Waals surface area contributed by atoms with Gasteiger partial charge in [0.2, 0.25) is 11.0 Å². The largest absolute Gasteiger partial charge is 0.497 e. The van der Waals surface area contributed by atoms with Gasteiger partial charge in [0.25, 0.3) is 0 Å². The van der Waals surface area contributed by atoms with Crippen LogP contribution in [-0.2, 0) is 4.79 Å². The van der Waals surface area contributed by atoms with Crippen molar-refractivity contribution in [2.75, 3.05) is 25.3 Å². The summed E-state index contributed by atoms with van der Waals surface area (Å²) in [6.07, 6.45) is 3.50. The first-order valence-corrected chi connectivity index (χ1v) is 9.39. The van der Waals surface area contributed by atoms with Crippen molar-refractivity contribution in [3.05, 3.63) is 35.6 Å². The highest BCUT2D eigenvalue weighted by Crippen LogP contribution is 2.30. The highest BCUT2D eigenvalue weighted by Gasteiger charge is 2.14. The van der Waals surface area contributed by atoms with Gasteiger partial charge >= 0.3 is 0 Å². The second-order valence-corrected chi connectivity index (χ2v) is 7.20. The number of carbonyl (C=O) groups is 1. The number of carbonyl (C=O) groups excluding carboxylic acids is 1. The number of nitrogens with one attached hydrogen (secondary N) is 1. The molecule has 0 aliphatic carbocycles. The standard InChI is InChI=1S/C16H17N5O3S2/c1-10-19-20-15(26-10)18-14(22)9-25-16-17-6-7-21(16)12-5-4-11(23-2)8-13(12)24-3/h4-8H,9H2,1-3H3,(H,18,20,22). The fourth-order valence-corrected chi connectivity index (χ4v) is 3.57. The Bertz CT molecular complexity index is 909. The van der Waals surface area contributed by atoms with E-state index >= 15 is 0 Å². The zero-order valence-electron chi connectivity index (χ0n) is 14.4. The predicted octanol–water partition coefficient (Wildman–Crippen LogP) is 2.78. The summed E-state index contributed by atoms with van der Waals surface area (Å²) in [5, 5.41) is 12.5. The number of thioether (sulfide) groups is 1. The Morgan fingerprint density at radius 1 is 1.31 bits per heavy atom.